The number of methoxy groups -OCH3 is 10. The second-order valence-corrected chi connectivity index (χ2v) is 38.1. The Kier molecular flexibility index (Phi) is 47.4. The van der Waals surface area contributed by atoms with E-state index in [1.54, 1.807) is 91.4 Å². The summed E-state index contributed by atoms with van der Waals surface area (Å²) < 4.78 is 71.9. The molecule has 0 radical (unpaired) electrons. The van der Waals surface area contributed by atoms with Crippen molar-refractivity contribution in [3.05, 3.63) is 108 Å². The minimum atomic E-state index is -1.31. The summed E-state index contributed by atoms with van der Waals surface area (Å²) in [5.41, 5.74) is -2.60. The van der Waals surface area contributed by atoms with Crippen LogP contribution >= 0.6 is 70.6 Å². The van der Waals surface area contributed by atoms with E-state index in [4.69, 9.17) is 66.3 Å². The van der Waals surface area contributed by atoms with Gasteiger partial charge in [0.05, 0.1) is 128 Å². The van der Waals surface area contributed by atoms with Gasteiger partial charge in [-0.3, -0.25) is 67.1 Å². The van der Waals surface area contributed by atoms with Crippen LogP contribution in [0.5, 0.6) is 0 Å². The number of rotatable bonds is 50. The summed E-state index contributed by atoms with van der Waals surface area (Å²) in [5, 5.41) is -2.97. The molecule has 0 aliphatic carbocycles. The third kappa shape index (κ3) is 36.4. The molecule has 10 unspecified atom stereocenters. The second-order valence-electron chi connectivity index (χ2n) is 31.2. The minimum Gasteiger partial charge on any atom is -0.469 e. The highest BCUT2D eigenvalue weighted by atomic mass is 32.2. The molecule has 0 N–H and O–H groups in total. The fourth-order valence-corrected chi connectivity index (χ4v) is 18.3. The average Bonchev–Trinajstić information content (AvgIpc) is 0.847. The number of thioether (sulfide) groups is 4. The predicted molar refractivity (Wildman–Crippen MR) is 464 cm³/mol. The molecule has 122 heavy (non-hydrogen) atoms. The maximum Gasteiger partial charge on any atom is 0.319 e. The highest BCUT2D eigenvalue weighted by Gasteiger charge is 2.44. The first-order valence-electron chi connectivity index (χ1n) is 39.1. The van der Waals surface area contributed by atoms with E-state index in [1.807, 2.05) is 86.6 Å². The molecule has 4 rings (SSSR count). The lowest BCUT2D eigenvalue weighted by Crippen LogP contribution is -2.36. The van der Waals surface area contributed by atoms with Gasteiger partial charge in [0.2, 0.25) is 0 Å². The highest BCUT2D eigenvalue weighted by Crippen LogP contribution is 2.42. The molecule has 0 aliphatic heterocycles. The van der Waals surface area contributed by atoms with Gasteiger partial charge in [0.1, 0.15) is 47.4 Å². The molecule has 0 aromatic heterocycles. The number of hydrogen-bond donors (Lipinski definition) is 0. The monoisotopic (exact) mass is 1820 g/mol. The molecule has 4 aromatic rings. The maximum absolute atomic E-state index is 13.5. The molecule has 0 heterocycles. The van der Waals surface area contributed by atoms with Gasteiger partial charge in [-0.25, -0.2) is 0 Å². The number of hydrogen-bond acceptors (Lipinski definition) is 34. The number of ether oxygens (including phenoxy) is 14. The van der Waals surface area contributed by atoms with Gasteiger partial charge in [0.15, 0.2) is 0 Å². The van der Waals surface area contributed by atoms with Crippen LogP contribution in [0.15, 0.2) is 126 Å². The maximum atomic E-state index is 13.5. The van der Waals surface area contributed by atoms with E-state index >= 15 is 0 Å². The molecule has 0 spiro atoms. The average molecular weight is 1820 g/mol. The lowest BCUT2D eigenvalue weighted by molar-refractivity contribution is -0.166. The van der Waals surface area contributed by atoms with Gasteiger partial charge in [-0.1, -0.05) is 58.9 Å². The third-order valence-corrected chi connectivity index (χ3v) is 26.2. The minimum absolute atomic E-state index is 0.00301. The quantitative estimate of drug-likeness (QED) is 0.0171. The van der Waals surface area contributed by atoms with Crippen LogP contribution in [0.1, 0.15) is 131 Å². The molecule has 34 heteroatoms. The number of carbonyl (C=O) groups is 14. The first kappa shape index (κ1) is 108. The lowest BCUT2D eigenvalue weighted by Gasteiger charge is -2.29. The first-order valence-corrected chi connectivity index (χ1v) is 45.0. The van der Waals surface area contributed by atoms with E-state index in [-0.39, 0.29) is 90.6 Å². The zero-order chi connectivity index (χ0) is 91.8. The molecule has 28 nitrogen and oxygen atoms in total. The zero-order valence-electron chi connectivity index (χ0n) is 73.8. The zero-order valence-corrected chi connectivity index (χ0v) is 78.7. The van der Waals surface area contributed by atoms with Crippen LogP contribution in [-0.2, 0) is 133 Å². The van der Waals surface area contributed by atoms with Crippen molar-refractivity contribution in [1.29, 1.82) is 0 Å². The molecule has 0 bridgehead atoms. The predicted octanol–water partition coefficient (Wildman–Crippen LogP) is 14.3. The van der Waals surface area contributed by atoms with Gasteiger partial charge in [-0.05, 0) is 219 Å². The summed E-state index contributed by atoms with van der Waals surface area (Å²) in [4.78, 5) is 187. The molecule has 10 atom stereocenters. The van der Waals surface area contributed by atoms with Gasteiger partial charge in [-0.2, -0.15) is 23.5 Å². The summed E-state index contributed by atoms with van der Waals surface area (Å²) in [7, 11) is 12.3. The van der Waals surface area contributed by atoms with E-state index in [2.05, 4.69) is 24.3 Å². The molecule has 0 fully saturated rings. The van der Waals surface area contributed by atoms with Crippen molar-refractivity contribution in [3.63, 3.8) is 0 Å². The first-order chi connectivity index (χ1) is 57.5. The van der Waals surface area contributed by atoms with Gasteiger partial charge >= 0.3 is 83.6 Å². The van der Waals surface area contributed by atoms with Crippen LogP contribution in [0.25, 0.3) is 0 Å². The van der Waals surface area contributed by atoms with Crippen LogP contribution in [0, 0.1) is 71.0 Å². The van der Waals surface area contributed by atoms with Crippen molar-refractivity contribution in [2.24, 2.45) is 57.2 Å². The Labute approximate surface area is 742 Å². The Bertz CT molecular complexity index is 4070. The Morgan fingerprint density at radius 3 is 0.664 bits per heavy atom. The Morgan fingerprint density at radius 1 is 0.254 bits per heavy atom. The van der Waals surface area contributed by atoms with Crippen LogP contribution in [0.3, 0.4) is 0 Å². The molecular weight excluding hydrogens is 1700 g/mol. The van der Waals surface area contributed by atoms with Crippen molar-refractivity contribution in [2.45, 2.75) is 184 Å². The van der Waals surface area contributed by atoms with Gasteiger partial charge in [-0.15, -0.1) is 23.5 Å². The van der Waals surface area contributed by atoms with Crippen molar-refractivity contribution in [3.8, 4) is 0 Å². The molecular formula is C88H120O28S6. The normalized spacial score (nSPS) is 14.0. The largest absolute Gasteiger partial charge is 0.469 e. The Balaban J connectivity index is 0.000000642. The number of aryl methyl sites for hydroxylation is 2. The van der Waals surface area contributed by atoms with Gasteiger partial charge in [0.25, 0.3) is 0 Å². The van der Waals surface area contributed by atoms with Crippen LogP contribution in [0.2, 0.25) is 0 Å². The molecule has 676 valence electrons. The standard InChI is InChI=1S/C48H66O16S3.C40H54O12S3/c1-29-13-15-34(16-14-29)66-35-17-19-36(20-18-35)67-38(44(54)62-11)26-31(40(50)58-7)24-33(42(52)60-9)28-48(4,5)46(56)64-22-21-63-45(55)47(2,3)27-32(41(51)59-8)23-30(39(49)57-6)25-37(65-12)43(53)61-10;1-25-11-13-28(14-12-25)54-29-15-17-30(18-16-29)55-32(36(44)50-9)22-27(34(42)48-7)24-40(4,5)38(46)52-20-19-51-37(45)39(2,3)23-26(33(41)47-6)21-31(53-10)35(43)49-8/h13-20,30-33,37-38H,21-28H2,1-12H3;11-18,26-27,31-32H,19-24H2,1-10H3. The van der Waals surface area contributed by atoms with Crippen LogP contribution < -0.4 is 0 Å². The summed E-state index contributed by atoms with van der Waals surface area (Å²) in [6.07, 6.45) is 3.14. The molecule has 4 aromatic carbocycles. The van der Waals surface area contributed by atoms with E-state index in [1.165, 1.54) is 124 Å². The summed E-state index contributed by atoms with van der Waals surface area (Å²) in [6.45, 7) is 15.5. The summed E-state index contributed by atoms with van der Waals surface area (Å²) in [6, 6.07) is 31.7. The van der Waals surface area contributed by atoms with E-state index in [9.17, 15) is 67.1 Å². The highest BCUT2D eigenvalue weighted by molar-refractivity contribution is 8.01. The Morgan fingerprint density at radius 2 is 0.434 bits per heavy atom. The second kappa shape index (κ2) is 53.7. The third-order valence-electron chi connectivity index (χ3n) is 19.8. The number of carbonyl (C=O) groups excluding carboxylic acids is 14. The van der Waals surface area contributed by atoms with Crippen molar-refractivity contribution < 1.29 is 133 Å². The molecule has 0 saturated heterocycles. The summed E-state index contributed by atoms with van der Waals surface area (Å²) in [5.74, 6) is -14.2. The van der Waals surface area contributed by atoms with Crippen LogP contribution in [-0.4, -0.2) is 215 Å². The smallest absolute Gasteiger partial charge is 0.319 e. The van der Waals surface area contributed by atoms with Crippen molar-refractivity contribution in [2.75, 3.05) is 110 Å². The van der Waals surface area contributed by atoms with Crippen LogP contribution in [0.4, 0.5) is 0 Å². The fraction of sp³-hybridized carbons (Fsp3) is 0.568. The van der Waals surface area contributed by atoms with E-state index < -0.39 is 162 Å². The fourth-order valence-electron chi connectivity index (χ4n) is 12.9. The Hall–Kier alpha value is -8.44. The topological polar surface area (TPSA) is 368 Å². The summed E-state index contributed by atoms with van der Waals surface area (Å²) >= 11 is 8.10. The lowest BCUT2D eigenvalue weighted by atomic mass is 9.78. The molecule has 0 amide bonds. The number of esters is 14. The van der Waals surface area contributed by atoms with Crippen molar-refractivity contribution in [1.82, 2.24) is 0 Å². The van der Waals surface area contributed by atoms with E-state index in [0.717, 1.165) is 34.9 Å². The SMILES string of the molecule is COC(=O)C(CC(CC(C)(C)C(=O)OCCOC(=O)C(C)(C)CC(CC(CC(Sc1ccc(Sc2ccc(C)cc2)cc1)C(=O)OC)C(=O)OC)C(=O)OC)C(=O)OC)CC(SC)C(=O)OC.COC(=O)C(CC(SC)C(=O)OC)CC(C)(C)C(=O)OCCOC(=O)C(C)(C)CC(CC(Sc1ccc(Sc2ccc(C)cc2)cc1)C(=O)OC)C(=O)OC. The molecule has 0 aliphatic rings. The van der Waals surface area contributed by atoms with Crippen molar-refractivity contribution >= 4 is 154 Å². The molecule has 0 saturated carbocycles. The van der Waals surface area contributed by atoms with Gasteiger partial charge in [0, 0.05) is 29.4 Å². The number of benzene rings is 4. The van der Waals surface area contributed by atoms with E-state index in [0.29, 0.717) is 0 Å². The van der Waals surface area contributed by atoms with Gasteiger partial charge < -0.3 is 66.3 Å².